The van der Waals surface area contributed by atoms with Gasteiger partial charge < -0.3 is 13.5 Å². The van der Waals surface area contributed by atoms with Crippen molar-refractivity contribution in [1.29, 1.82) is 0 Å². The Hall–Kier alpha value is -2.96. The monoisotopic (exact) mass is 368 g/mol. The third kappa shape index (κ3) is 4.61. The van der Waals surface area contributed by atoms with Gasteiger partial charge in [0, 0.05) is 24.8 Å². The zero-order valence-electron chi connectivity index (χ0n) is 17.4. The molecule has 0 aromatic carbocycles. The van der Waals surface area contributed by atoms with Crippen LogP contribution in [0, 0.1) is 34.6 Å². The van der Waals surface area contributed by atoms with Gasteiger partial charge in [0.15, 0.2) is 5.65 Å². The fourth-order valence-electron chi connectivity index (χ4n) is 2.78. The number of methoxy groups -OCH3 is 1. The van der Waals surface area contributed by atoms with Crippen molar-refractivity contribution in [3.63, 3.8) is 0 Å². The molecular formula is C20H28N6O. The van der Waals surface area contributed by atoms with Crippen LogP contribution in [0.5, 0.6) is 5.88 Å². The van der Waals surface area contributed by atoms with Crippen LogP contribution in [0.25, 0.3) is 11.3 Å². The van der Waals surface area contributed by atoms with Gasteiger partial charge in [-0.05, 0) is 34.6 Å². The molecule has 0 saturated carbocycles. The average Bonchev–Trinajstić information content (AvgIpc) is 3.17. The van der Waals surface area contributed by atoms with E-state index in [2.05, 4.69) is 19.9 Å². The van der Waals surface area contributed by atoms with E-state index >= 15 is 0 Å². The number of ether oxygens (including phenoxy) is 1. The molecule has 0 fully saturated rings. The van der Waals surface area contributed by atoms with E-state index in [1.807, 2.05) is 82.1 Å². The predicted octanol–water partition coefficient (Wildman–Crippen LogP) is 4.04. The fraction of sp³-hybridized carbons (Fsp3) is 0.400. The molecule has 0 unspecified atom stereocenters. The Morgan fingerprint density at radius 2 is 1.04 bits per heavy atom. The number of hydrogen-bond donors (Lipinski definition) is 0. The standard InChI is InChI=1S/C9H11N3O.C9H11N3.C2H6/c1-6-4-12-5-7(2)11-9(13-3)8(12)10-6;1-6-4-12-5-7(2)11-9(12)8(3)10-6;1-2/h4-5H,1-3H3;4-5H,1-3H3;1-2H3. The Morgan fingerprint density at radius 1 is 0.630 bits per heavy atom. The molecule has 0 amide bonds. The normalized spacial score (nSPS) is 10.2. The van der Waals surface area contributed by atoms with E-state index in [1.165, 1.54) is 0 Å². The van der Waals surface area contributed by atoms with Crippen molar-refractivity contribution < 1.29 is 4.74 Å². The van der Waals surface area contributed by atoms with Gasteiger partial charge in [-0.3, -0.25) is 4.98 Å². The van der Waals surface area contributed by atoms with Gasteiger partial charge in [-0.2, -0.15) is 0 Å². The molecule has 4 rings (SSSR count). The molecule has 7 heteroatoms. The van der Waals surface area contributed by atoms with Gasteiger partial charge in [0.2, 0.25) is 5.65 Å². The molecule has 0 saturated heterocycles. The molecule has 0 atom stereocenters. The van der Waals surface area contributed by atoms with Gasteiger partial charge in [0.1, 0.15) is 0 Å². The van der Waals surface area contributed by atoms with Gasteiger partial charge in [0.25, 0.3) is 5.88 Å². The lowest BCUT2D eigenvalue weighted by atomic mass is 10.4. The number of rotatable bonds is 1. The van der Waals surface area contributed by atoms with E-state index in [0.717, 1.165) is 39.8 Å². The Bertz CT molecular complexity index is 1050. The number of fused-ring (bicyclic) bond motifs is 2. The first-order chi connectivity index (χ1) is 12.9. The number of aryl methyl sites for hydroxylation is 5. The first-order valence-corrected chi connectivity index (χ1v) is 9.04. The maximum atomic E-state index is 5.13. The minimum Gasteiger partial charge on any atom is -0.478 e. The summed E-state index contributed by atoms with van der Waals surface area (Å²) in [5.41, 5.74) is 6.65. The Morgan fingerprint density at radius 3 is 1.56 bits per heavy atom. The molecule has 0 aliphatic heterocycles. The van der Waals surface area contributed by atoms with Crippen LogP contribution < -0.4 is 4.74 Å². The van der Waals surface area contributed by atoms with Gasteiger partial charge in [-0.25, -0.2) is 15.0 Å². The second-order valence-corrected chi connectivity index (χ2v) is 6.09. The first-order valence-electron chi connectivity index (χ1n) is 9.04. The topological polar surface area (TPSA) is 69.6 Å². The molecule has 27 heavy (non-hydrogen) atoms. The van der Waals surface area contributed by atoms with E-state index < -0.39 is 0 Å². The van der Waals surface area contributed by atoms with E-state index in [-0.39, 0.29) is 0 Å². The third-order valence-corrected chi connectivity index (χ3v) is 3.69. The molecule has 0 spiro atoms. The number of imidazole rings is 2. The molecule has 7 nitrogen and oxygen atoms in total. The first kappa shape index (κ1) is 20.4. The van der Waals surface area contributed by atoms with Gasteiger partial charge in [0.05, 0.1) is 35.6 Å². The Kier molecular flexibility index (Phi) is 6.50. The van der Waals surface area contributed by atoms with Crippen molar-refractivity contribution >= 4 is 11.3 Å². The summed E-state index contributed by atoms with van der Waals surface area (Å²) in [6, 6.07) is 0. The minimum atomic E-state index is 0.577. The predicted molar refractivity (Wildman–Crippen MR) is 108 cm³/mol. The summed E-state index contributed by atoms with van der Waals surface area (Å²) < 4.78 is 9.08. The largest absolute Gasteiger partial charge is 0.478 e. The van der Waals surface area contributed by atoms with Crippen LogP contribution in [0.4, 0.5) is 0 Å². The van der Waals surface area contributed by atoms with Crippen molar-refractivity contribution in [3.8, 4) is 5.88 Å². The molecule has 4 aromatic rings. The molecule has 0 aliphatic rings. The molecule has 0 bridgehead atoms. The zero-order valence-corrected chi connectivity index (χ0v) is 17.4. The second-order valence-electron chi connectivity index (χ2n) is 6.09. The van der Waals surface area contributed by atoms with Crippen molar-refractivity contribution in [2.45, 2.75) is 48.5 Å². The quantitative estimate of drug-likeness (QED) is 0.507. The number of hydrogen-bond acceptors (Lipinski definition) is 5. The molecule has 4 heterocycles. The molecule has 0 N–H and O–H groups in total. The highest BCUT2D eigenvalue weighted by Gasteiger charge is 2.06. The summed E-state index contributed by atoms with van der Waals surface area (Å²) in [5, 5.41) is 0. The summed E-state index contributed by atoms with van der Waals surface area (Å²) in [4.78, 5) is 17.2. The van der Waals surface area contributed by atoms with Gasteiger partial charge in [-0.1, -0.05) is 13.8 Å². The SMILES string of the molecule is CC.COc1nc(C)cn2cc(C)nc12.Cc1cn2cc(C)nc2c(C)n1. The molecule has 0 aliphatic carbocycles. The van der Waals surface area contributed by atoms with Crippen LogP contribution in [0.2, 0.25) is 0 Å². The lowest BCUT2D eigenvalue weighted by molar-refractivity contribution is 0.399. The van der Waals surface area contributed by atoms with Crippen molar-refractivity contribution in [3.05, 3.63) is 53.3 Å². The third-order valence-electron chi connectivity index (χ3n) is 3.69. The highest BCUT2D eigenvalue weighted by molar-refractivity contribution is 5.50. The lowest BCUT2D eigenvalue weighted by Crippen LogP contribution is -1.95. The summed E-state index contributed by atoms with van der Waals surface area (Å²) in [5.74, 6) is 0.577. The van der Waals surface area contributed by atoms with Crippen molar-refractivity contribution in [1.82, 2.24) is 28.7 Å². The van der Waals surface area contributed by atoms with Crippen molar-refractivity contribution in [2.24, 2.45) is 0 Å². The minimum absolute atomic E-state index is 0.577. The van der Waals surface area contributed by atoms with E-state index in [0.29, 0.717) is 5.88 Å². The van der Waals surface area contributed by atoms with Crippen LogP contribution in [0.1, 0.15) is 42.3 Å². The highest BCUT2D eigenvalue weighted by atomic mass is 16.5. The summed E-state index contributed by atoms with van der Waals surface area (Å²) in [6.07, 6.45) is 7.88. The van der Waals surface area contributed by atoms with E-state index in [4.69, 9.17) is 4.74 Å². The Balaban J connectivity index is 0.000000178. The zero-order chi connectivity index (χ0) is 20.1. The Labute approximate surface area is 160 Å². The van der Waals surface area contributed by atoms with Crippen LogP contribution in [-0.2, 0) is 0 Å². The van der Waals surface area contributed by atoms with Crippen LogP contribution in [0.15, 0.2) is 24.8 Å². The summed E-state index contributed by atoms with van der Waals surface area (Å²) >= 11 is 0. The number of nitrogens with zero attached hydrogens (tertiary/aromatic N) is 6. The smallest absolute Gasteiger partial charge is 0.258 e. The second kappa shape index (κ2) is 8.62. The maximum Gasteiger partial charge on any atom is 0.258 e. The van der Waals surface area contributed by atoms with Crippen molar-refractivity contribution in [2.75, 3.05) is 7.11 Å². The van der Waals surface area contributed by atoms with E-state index in [1.54, 1.807) is 7.11 Å². The van der Waals surface area contributed by atoms with Crippen LogP contribution >= 0.6 is 0 Å². The fourth-order valence-corrected chi connectivity index (χ4v) is 2.78. The van der Waals surface area contributed by atoms with Crippen LogP contribution in [-0.4, -0.2) is 35.8 Å². The summed E-state index contributed by atoms with van der Waals surface area (Å²) in [7, 11) is 1.60. The average molecular weight is 368 g/mol. The molecule has 144 valence electrons. The molecule has 0 radical (unpaired) electrons. The molecule has 4 aromatic heterocycles. The summed E-state index contributed by atoms with van der Waals surface area (Å²) in [6.45, 7) is 13.8. The molecular weight excluding hydrogens is 340 g/mol. The number of aromatic nitrogens is 6. The van der Waals surface area contributed by atoms with E-state index in [9.17, 15) is 0 Å². The lowest BCUT2D eigenvalue weighted by Gasteiger charge is -2.01. The van der Waals surface area contributed by atoms with Gasteiger partial charge >= 0.3 is 0 Å². The van der Waals surface area contributed by atoms with Crippen LogP contribution in [0.3, 0.4) is 0 Å². The maximum absolute atomic E-state index is 5.13. The highest BCUT2D eigenvalue weighted by Crippen LogP contribution is 2.16. The van der Waals surface area contributed by atoms with Gasteiger partial charge in [-0.15, -0.1) is 0 Å².